The Morgan fingerprint density at radius 2 is 2.06 bits per heavy atom. The van der Waals surface area contributed by atoms with Gasteiger partial charge in [-0.2, -0.15) is 0 Å². The van der Waals surface area contributed by atoms with Gasteiger partial charge in [-0.05, 0) is 49.9 Å². The van der Waals surface area contributed by atoms with E-state index in [1.54, 1.807) is 0 Å². The van der Waals surface area contributed by atoms with Crippen LogP contribution in [0.5, 0.6) is 0 Å². The smallest absolute Gasteiger partial charge is 0.00783 e. The molecule has 1 aromatic carbocycles. The normalized spacial score (nSPS) is 26.1. The quantitative estimate of drug-likeness (QED) is 0.827. The molecule has 1 aromatic rings. The third kappa shape index (κ3) is 2.12. The molecule has 1 unspecified atom stereocenters. The average Bonchev–Trinajstić information content (AvgIpc) is 2.94. The predicted octanol–water partition coefficient (Wildman–Crippen LogP) is 2.01. The van der Waals surface area contributed by atoms with E-state index in [0.717, 1.165) is 19.0 Å². The lowest BCUT2D eigenvalue weighted by Crippen LogP contribution is -2.23. The number of hydrogen-bond donors (Lipinski definition) is 2. The molecule has 1 saturated heterocycles. The molecule has 2 fully saturated rings. The Kier molecular flexibility index (Phi) is 2.93. The van der Waals surface area contributed by atoms with Crippen LogP contribution in [0.25, 0.3) is 0 Å². The molecular weight excluding hydrogens is 208 g/mol. The van der Waals surface area contributed by atoms with Gasteiger partial charge in [0.2, 0.25) is 0 Å². The monoisotopic (exact) mass is 230 g/mol. The topological polar surface area (TPSA) is 24.1 Å². The van der Waals surface area contributed by atoms with Crippen molar-refractivity contribution in [1.82, 2.24) is 10.6 Å². The summed E-state index contributed by atoms with van der Waals surface area (Å²) >= 11 is 0. The summed E-state index contributed by atoms with van der Waals surface area (Å²) in [6, 6.07) is 9.42. The van der Waals surface area contributed by atoms with Crippen LogP contribution in [-0.4, -0.2) is 26.7 Å². The Labute approximate surface area is 104 Å². The van der Waals surface area contributed by atoms with Gasteiger partial charge in [0.15, 0.2) is 0 Å². The summed E-state index contributed by atoms with van der Waals surface area (Å²) in [5, 5.41) is 6.77. The van der Waals surface area contributed by atoms with Gasteiger partial charge in [0, 0.05) is 18.5 Å². The Morgan fingerprint density at radius 3 is 2.59 bits per heavy atom. The fraction of sp³-hybridized carbons (Fsp3) is 0.600. The van der Waals surface area contributed by atoms with E-state index in [0.29, 0.717) is 5.41 Å². The van der Waals surface area contributed by atoms with E-state index in [1.165, 1.54) is 36.9 Å². The largest absolute Gasteiger partial charge is 0.319 e. The van der Waals surface area contributed by atoms with Crippen molar-refractivity contribution in [1.29, 1.82) is 0 Å². The van der Waals surface area contributed by atoms with Crippen LogP contribution in [0.3, 0.4) is 0 Å². The predicted molar refractivity (Wildman–Crippen MR) is 71.5 cm³/mol. The number of nitrogens with one attached hydrogen (secondary N) is 2. The SMILES string of the molecule is CNCC1(c2ccc(C3CCNC3)cc2)CC1. The van der Waals surface area contributed by atoms with Crippen molar-refractivity contribution in [3.63, 3.8) is 0 Å². The van der Waals surface area contributed by atoms with Crippen LogP contribution in [0.1, 0.15) is 36.3 Å². The molecule has 0 spiro atoms. The molecule has 1 atom stereocenters. The molecule has 0 aromatic heterocycles. The highest BCUT2D eigenvalue weighted by atomic mass is 14.9. The molecule has 0 bridgehead atoms. The Balaban J connectivity index is 1.76. The lowest BCUT2D eigenvalue weighted by atomic mass is 9.91. The fourth-order valence-corrected chi connectivity index (χ4v) is 3.10. The molecule has 2 aliphatic rings. The van der Waals surface area contributed by atoms with E-state index in [4.69, 9.17) is 0 Å². The average molecular weight is 230 g/mol. The zero-order valence-corrected chi connectivity index (χ0v) is 10.6. The van der Waals surface area contributed by atoms with Gasteiger partial charge in [0.25, 0.3) is 0 Å². The second-order valence-electron chi connectivity index (χ2n) is 5.62. The second kappa shape index (κ2) is 4.43. The molecule has 17 heavy (non-hydrogen) atoms. The summed E-state index contributed by atoms with van der Waals surface area (Å²) in [7, 11) is 2.05. The van der Waals surface area contributed by atoms with Crippen molar-refractivity contribution in [2.24, 2.45) is 0 Å². The molecule has 1 aliphatic carbocycles. The molecule has 1 saturated carbocycles. The van der Waals surface area contributed by atoms with Gasteiger partial charge in [-0.1, -0.05) is 24.3 Å². The van der Waals surface area contributed by atoms with E-state index >= 15 is 0 Å². The number of hydrogen-bond acceptors (Lipinski definition) is 2. The minimum Gasteiger partial charge on any atom is -0.319 e. The Hall–Kier alpha value is -0.860. The van der Waals surface area contributed by atoms with Gasteiger partial charge in [0.05, 0.1) is 0 Å². The zero-order valence-electron chi connectivity index (χ0n) is 10.6. The first-order chi connectivity index (χ1) is 8.34. The molecule has 2 N–H and O–H groups in total. The minimum absolute atomic E-state index is 0.460. The maximum Gasteiger partial charge on any atom is 0.00783 e. The maximum absolute atomic E-state index is 3.44. The van der Waals surface area contributed by atoms with Crippen molar-refractivity contribution < 1.29 is 0 Å². The molecule has 1 heterocycles. The van der Waals surface area contributed by atoms with E-state index in [9.17, 15) is 0 Å². The summed E-state index contributed by atoms with van der Waals surface area (Å²) in [5.41, 5.74) is 3.50. The third-order valence-electron chi connectivity index (χ3n) is 4.42. The van der Waals surface area contributed by atoms with Crippen LogP contribution in [0, 0.1) is 0 Å². The number of likely N-dealkylation sites (N-methyl/N-ethyl adjacent to an activating group) is 1. The second-order valence-corrected chi connectivity index (χ2v) is 5.62. The summed E-state index contributed by atoms with van der Waals surface area (Å²) in [4.78, 5) is 0. The van der Waals surface area contributed by atoms with Crippen LogP contribution in [0.2, 0.25) is 0 Å². The van der Waals surface area contributed by atoms with E-state index in [2.05, 4.69) is 41.9 Å². The summed E-state index contributed by atoms with van der Waals surface area (Å²) < 4.78 is 0. The van der Waals surface area contributed by atoms with E-state index in [1.807, 2.05) is 0 Å². The summed E-state index contributed by atoms with van der Waals surface area (Å²) in [5.74, 6) is 0.739. The van der Waals surface area contributed by atoms with Crippen molar-refractivity contribution in [2.45, 2.75) is 30.6 Å². The summed E-state index contributed by atoms with van der Waals surface area (Å²) in [6.07, 6.45) is 3.98. The van der Waals surface area contributed by atoms with Crippen LogP contribution in [0.4, 0.5) is 0 Å². The van der Waals surface area contributed by atoms with E-state index in [-0.39, 0.29) is 0 Å². The lowest BCUT2D eigenvalue weighted by molar-refractivity contribution is 0.623. The van der Waals surface area contributed by atoms with Gasteiger partial charge in [-0.15, -0.1) is 0 Å². The van der Waals surface area contributed by atoms with Crippen molar-refractivity contribution in [3.05, 3.63) is 35.4 Å². The first kappa shape index (κ1) is 11.2. The summed E-state index contributed by atoms with van der Waals surface area (Å²) in [6.45, 7) is 3.45. The highest BCUT2D eigenvalue weighted by Gasteiger charge is 2.43. The van der Waals surface area contributed by atoms with Gasteiger partial charge in [0.1, 0.15) is 0 Å². The minimum atomic E-state index is 0.460. The highest BCUT2D eigenvalue weighted by molar-refractivity contribution is 5.35. The van der Waals surface area contributed by atoms with Gasteiger partial charge < -0.3 is 10.6 Å². The van der Waals surface area contributed by atoms with Crippen molar-refractivity contribution in [2.75, 3.05) is 26.7 Å². The highest BCUT2D eigenvalue weighted by Crippen LogP contribution is 2.47. The fourth-order valence-electron chi connectivity index (χ4n) is 3.10. The molecule has 2 heteroatoms. The number of benzene rings is 1. The maximum atomic E-state index is 3.44. The molecule has 0 radical (unpaired) electrons. The lowest BCUT2D eigenvalue weighted by Gasteiger charge is -2.16. The van der Waals surface area contributed by atoms with Crippen molar-refractivity contribution >= 4 is 0 Å². The van der Waals surface area contributed by atoms with Gasteiger partial charge in [-0.3, -0.25) is 0 Å². The Morgan fingerprint density at radius 1 is 1.29 bits per heavy atom. The van der Waals surface area contributed by atoms with Crippen LogP contribution in [-0.2, 0) is 5.41 Å². The molecule has 2 nitrogen and oxygen atoms in total. The van der Waals surface area contributed by atoms with Gasteiger partial charge in [-0.25, -0.2) is 0 Å². The van der Waals surface area contributed by atoms with Gasteiger partial charge >= 0.3 is 0 Å². The molecule has 92 valence electrons. The Bertz CT molecular complexity index is 372. The van der Waals surface area contributed by atoms with Crippen LogP contribution >= 0.6 is 0 Å². The standard InChI is InChI=1S/C15H22N2/c1-16-11-15(7-8-15)14-4-2-12(3-5-14)13-6-9-17-10-13/h2-5,13,16-17H,6-11H2,1H3. The van der Waals surface area contributed by atoms with E-state index < -0.39 is 0 Å². The first-order valence-electron chi connectivity index (χ1n) is 6.80. The van der Waals surface area contributed by atoms with Crippen molar-refractivity contribution in [3.8, 4) is 0 Å². The first-order valence-corrected chi connectivity index (χ1v) is 6.80. The molecule has 0 amide bonds. The molecule has 3 rings (SSSR count). The van der Waals surface area contributed by atoms with Crippen LogP contribution in [0.15, 0.2) is 24.3 Å². The zero-order chi connectivity index (χ0) is 11.7. The van der Waals surface area contributed by atoms with Crippen LogP contribution < -0.4 is 10.6 Å². The molecule has 1 aliphatic heterocycles. The number of rotatable bonds is 4. The third-order valence-corrected chi connectivity index (χ3v) is 4.42. The molecular formula is C15H22N2.